The number of carbonyl (C=O) groups is 1. The molecule has 0 saturated carbocycles. The highest BCUT2D eigenvalue weighted by molar-refractivity contribution is 6.08. The molecule has 1 atom stereocenters. The molecule has 2 aromatic rings. The molecule has 1 fully saturated rings. The number of fused-ring (bicyclic) bond motifs is 1. The van der Waals surface area contributed by atoms with E-state index in [0.717, 1.165) is 16.5 Å². The van der Waals surface area contributed by atoms with E-state index in [4.69, 9.17) is 0 Å². The number of para-hydroxylation sites is 1. The smallest absolute Gasteiger partial charge is 0.253 e. The van der Waals surface area contributed by atoms with Crippen LogP contribution in [0.4, 0.5) is 0 Å². The molecule has 90 valence electrons. The van der Waals surface area contributed by atoms with Gasteiger partial charge in [-0.15, -0.1) is 0 Å². The number of nitrogens with zero attached hydrogens (tertiary/aromatic N) is 2. The monoisotopic (exact) mass is 240 g/mol. The van der Waals surface area contributed by atoms with E-state index in [1.807, 2.05) is 30.3 Å². The van der Waals surface area contributed by atoms with Gasteiger partial charge in [0.25, 0.3) is 5.91 Å². The molecular formula is C13H12N4O. The third kappa shape index (κ3) is 1.60. The van der Waals surface area contributed by atoms with E-state index < -0.39 is 6.04 Å². The summed E-state index contributed by atoms with van der Waals surface area (Å²) in [6, 6.07) is 9.25. The maximum Gasteiger partial charge on any atom is 0.253 e. The predicted molar refractivity (Wildman–Crippen MR) is 69.1 cm³/mol. The van der Waals surface area contributed by atoms with Gasteiger partial charge in [-0.05, 0) is 6.07 Å². The maximum atomic E-state index is 11.9. The SMILES string of the molecule is CN=C1NC(=O)C(c2cccc3cccnc23)N1. The van der Waals surface area contributed by atoms with Gasteiger partial charge in [-0.2, -0.15) is 0 Å². The molecule has 1 amide bonds. The predicted octanol–water partition coefficient (Wildman–Crippen LogP) is 0.981. The number of rotatable bonds is 1. The van der Waals surface area contributed by atoms with Gasteiger partial charge in [0.1, 0.15) is 6.04 Å². The second-order valence-corrected chi connectivity index (χ2v) is 4.06. The first-order valence-corrected chi connectivity index (χ1v) is 5.67. The number of hydrogen-bond acceptors (Lipinski definition) is 3. The topological polar surface area (TPSA) is 66.4 Å². The van der Waals surface area contributed by atoms with Gasteiger partial charge in [-0.3, -0.25) is 20.1 Å². The zero-order valence-corrected chi connectivity index (χ0v) is 9.84. The number of hydrogen-bond donors (Lipinski definition) is 2. The van der Waals surface area contributed by atoms with Crippen molar-refractivity contribution in [3.63, 3.8) is 0 Å². The van der Waals surface area contributed by atoms with Crippen LogP contribution in [-0.2, 0) is 4.79 Å². The first-order chi connectivity index (χ1) is 8.79. The molecule has 18 heavy (non-hydrogen) atoms. The highest BCUT2D eigenvalue weighted by Gasteiger charge is 2.30. The lowest BCUT2D eigenvalue weighted by Crippen LogP contribution is -2.24. The molecule has 3 rings (SSSR count). The van der Waals surface area contributed by atoms with E-state index in [1.54, 1.807) is 13.2 Å². The molecule has 1 aliphatic heterocycles. The lowest BCUT2D eigenvalue weighted by atomic mass is 10.0. The summed E-state index contributed by atoms with van der Waals surface area (Å²) < 4.78 is 0. The molecule has 2 N–H and O–H groups in total. The molecule has 0 bridgehead atoms. The highest BCUT2D eigenvalue weighted by Crippen LogP contribution is 2.24. The Labute approximate surface area is 104 Å². The summed E-state index contributed by atoms with van der Waals surface area (Å²) in [5.74, 6) is 0.395. The number of aliphatic imine (C=N–C) groups is 1. The molecule has 0 radical (unpaired) electrons. The van der Waals surface area contributed by atoms with Crippen molar-refractivity contribution >= 4 is 22.8 Å². The van der Waals surface area contributed by atoms with Crippen LogP contribution in [0.2, 0.25) is 0 Å². The second-order valence-electron chi connectivity index (χ2n) is 4.06. The lowest BCUT2D eigenvalue weighted by Gasteiger charge is -2.10. The standard InChI is InChI=1S/C13H12N4O/c1-14-13-16-11(12(18)17-13)9-6-2-4-8-5-3-7-15-10(8)9/h2-7,11H,1H3,(H2,14,16,17,18). The van der Waals surface area contributed by atoms with Crippen molar-refractivity contribution in [3.05, 3.63) is 42.1 Å². The zero-order valence-electron chi connectivity index (χ0n) is 9.84. The average molecular weight is 240 g/mol. The Kier molecular flexibility index (Phi) is 2.44. The van der Waals surface area contributed by atoms with E-state index in [-0.39, 0.29) is 5.91 Å². The Morgan fingerprint density at radius 2 is 2.11 bits per heavy atom. The number of benzene rings is 1. The Hall–Kier alpha value is -2.43. The molecule has 5 heteroatoms. The van der Waals surface area contributed by atoms with Crippen molar-refractivity contribution in [1.29, 1.82) is 0 Å². The van der Waals surface area contributed by atoms with E-state index >= 15 is 0 Å². The molecule has 1 saturated heterocycles. The first-order valence-electron chi connectivity index (χ1n) is 5.67. The van der Waals surface area contributed by atoms with Crippen LogP contribution in [-0.4, -0.2) is 23.9 Å². The van der Waals surface area contributed by atoms with Crippen LogP contribution >= 0.6 is 0 Å². The lowest BCUT2D eigenvalue weighted by molar-refractivity contribution is -0.120. The number of nitrogens with one attached hydrogen (secondary N) is 2. The summed E-state index contributed by atoms with van der Waals surface area (Å²) in [6.45, 7) is 0. The summed E-state index contributed by atoms with van der Waals surface area (Å²) >= 11 is 0. The fourth-order valence-electron chi connectivity index (χ4n) is 2.13. The minimum Gasteiger partial charge on any atom is -0.340 e. The number of pyridine rings is 1. The second kappa shape index (κ2) is 4.10. The summed E-state index contributed by atoms with van der Waals surface area (Å²) in [4.78, 5) is 20.2. The van der Waals surface area contributed by atoms with E-state index in [0.29, 0.717) is 5.96 Å². The van der Waals surface area contributed by atoms with Crippen LogP contribution in [0.5, 0.6) is 0 Å². The van der Waals surface area contributed by atoms with Gasteiger partial charge in [0.2, 0.25) is 0 Å². The van der Waals surface area contributed by atoms with E-state index in [2.05, 4.69) is 20.6 Å². The Balaban J connectivity index is 2.13. The van der Waals surface area contributed by atoms with Gasteiger partial charge in [-0.25, -0.2) is 0 Å². The Bertz CT molecular complexity index is 645. The first kappa shape index (κ1) is 10.7. The molecule has 0 spiro atoms. The molecule has 1 aliphatic rings. The van der Waals surface area contributed by atoms with Crippen molar-refractivity contribution in [2.75, 3.05) is 7.05 Å². The Morgan fingerprint density at radius 1 is 1.28 bits per heavy atom. The Morgan fingerprint density at radius 3 is 2.89 bits per heavy atom. The van der Waals surface area contributed by atoms with Crippen LogP contribution in [0.3, 0.4) is 0 Å². The van der Waals surface area contributed by atoms with Gasteiger partial charge in [0, 0.05) is 24.2 Å². The summed E-state index contributed by atoms with van der Waals surface area (Å²) in [6.07, 6.45) is 1.73. The third-order valence-corrected chi connectivity index (χ3v) is 2.98. The molecule has 0 aliphatic carbocycles. The van der Waals surface area contributed by atoms with Gasteiger partial charge in [0.05, 0.1) is 5.52 Å². The van der Waals surface area contributed by atoms with Crippen LogP contribution < -0.4 is 10.6 Å². The number of guanidine groups is 1. The molecule has 2 heterocycles. The average Bonchev–Trinajstić information content (AvgIpc) is 2.79. The van der Waals surface area contributed by atoms with Crippen molar-refractivity contribution < 1.29 is 4.79 Å². The van der Waals surface area contributed by atoms with Crippen LogP contribution in [0, 0.1) is 0 Å². The van der Waals surface area contributed by atoms with Gasteiger partial charge < -0.3 is 5.32 Å². The number of carbonyl (C=O) groups excluding carboxylic acids is 1. The van der Waals surface area contributed by atoms with Crippen molar-refractivity contribution in [2.45, 2.75) is 6.04 Å². The quantitative estimate of drug-likeness (QED) is 0.781. The van der Waals surface area contributed by atoms with E-state index in [9.17, 15) is 4.79 Å². The maximum absolute atomic E-state index is 11.9. The minimum absolute atomic E-state index is 0.103. The molecular weight excluding hydrogens is 228 g/mol. The summed E-state index contributed by atoms with van der Waals surface area (Å²) in [5, 5.41) is 6.76. The van der Waals surface area contributed by atoms with Crippen molar-refractivity contribution in [3.8, 4) is 0 Å². The number of amides is 1. The van der Waals surface area contributed by atoms with Crippen LogP contribution in [0.1, 0.15) is 11.6 Å². The fraction of sp³-hybridized carbons (Fsp3) is 0.154. The normalized spacial score (nSPS) is 21.1. The van der Waals surface area contributed by atoms with Crippen LogP contribution in [0.25, 0.3) is 10.9 Å². The molecule has 5 nitrogen and oxygen atoms in total. The van der Waals surface area contributed by atoms with Gasteiger partial charge >= 0.3 is 0 Å². The van der Waals surface area contributed by atoms with Gasteiger partial charge in [-0.1, -0.05) is 24.3 Å². The molecule has 1 unspecified atom stereocenters. The van der Waals surface area contributed by atoms with Crippen molar-refractivity contribution in [2.24, 2.45) is 4.99 Å². The molecule has 1 aromatic heterocycles. The molecule has 1 aromatic carbocycles. The summed E-state index contributed by atoms with van der Waals surface area (Å²) in [5.41, 5.74) is 1.70. The minimum atomic E-state index is -0.428. The van der Waals surface area contributed by atoms with Gasteiger partial charge in [0.15, 0.2) is 5.96 Å². The van der Waals surface area contributed by atoms with Crippen molar-refractivity contribution in [1.82, 2.24) is 15.6 Å². The zero-order chi connectivity index (χ0) is 12.5. The van der Waals surface area contributed by atoms with E-state index in [1.165, 1.54) is 0 Å². The number of aromatic nitrogens is 1. The fourth-order valence-corrected chi connectivity index (χ4v) is 2.13. The highest BCUT2D eigenvalue weighted by atomic mass is 16.2. The van der Waals surface area contributed by atoms with Crippen LogP contribution in [0.15, 0.2) is 41.5 Å². The third-order valence-electron chi connectivity index (χ3n) is 2.98. The summed E-state index contributed by atoms with van der Waals surface area (Å²) in [7, 11) is 1.63. The largest absolute Gasteiger partial charge is 0.340 e.